The van der Waals surface area contributed by atoms with E-state index in [1.165, 1.54) is 43.0 Å². The zero-order chi connectivity index (χ0) is 20.3. The molecule has 1 atom stereocenters. The zero-order valence-electron chi connectivity index (χ0n) is 16.0. The van der Waals surface area contributed by atoms with Crippen LogP contribution in [-0.4, -0.2) is 60.2 Å². The number of fused-ring (bicyclic) bond motifs is 1. The van der Waals surface area contributed by atoms with Crippen LogP contribution in [0, 0.1) is 0 Å². The van der Waals surface area contributed by atoms with E-state index in [0.717, 1.165) is 0 Å². The third kappa shape index (κ3) is 3.71. The highest BCUT2D eigenvalue weighted by molar-refractivity contribution is 5.92. The monoisotopic (exact) mass is 389 g/mol. The lowest BCUT2D eigenvalue weighted by Crippen LogP contribution is -2.40. The van der Waals surface area contributed by atoms with Gasteiger partial charge in [-0.2, -0.15) is 5.10 Å². The molecule has 0 spiro atoms. The second kappa shape index (κ2) is 8.41. The van der Waals surface area contributed by atoms with Gasteiger partial charge in [0.05, 0.1) is 40.5 Å². The molecule has 1 aliphatic heterocycles. The van der Waals surface area contributed by atoms with E-state index in [4.69, 9.17) is 14.2 Å². The van der Waals surface area contributed by atoms with Crippen LogP contribution in [0.2, 0.25) is 0 Å². The summed E-state index contributed by atoms with van der Waals surface area (Å²) in [6, 6.07) is 6.15. The number of aliphatic hydroxyl groups excluding tert-OH is 1. The van der Waals surface area contributed by atoms with Crippen LogP contribution in [0.4, 0.5) is 0 Å². The Bertz CT molecular complexity index is 926. The van der Waals surface area contributed by atoms with E-state index >= 15 is 0 Å². The van der Waals surface area contributed by atoms with Crippen LogP contribution < -0.4 is 15.0 Å². The number of carbonyl (C=O) groups excluding carboxylic acids is 1. The summed E-state index contributed by atoms with van der Waals surface area (Å²) in [5.74, 6) is 0.716. The third-order valence-electron chi connectivity index (χ3n) is 4.67. The van der Waals surface area contributed by atoms with E-state index in [1.54, 1.807) is 12.1 Å². The Hall–Kier alpha value is -2.91. The van der Waals surface area contributed by atoms with Crippen molar-refractivity contribution >= 4 is 5.91 Å². The molecule has 1 aromatic carbocycles. The lowest BCUT2D eigenvalue weighted by molar-refractivity contribution is 0.0530. The first-order valence-corrected chi connectivity index (χ1v) is 8.78. The van der Waals surface area contributed by atoms with Crippen LogP contribution in [0.3, 0.4) is 0 Å². The maximum absolute atomic E-state index is 13.0. The molecular formula is C19H23N3O6. The van der Waals surface area contributed by atoms with Gasteiger partial charge in [0.1, 0.15) is 23.3 Å². The molecule has 3 rings (SSSR count). The number of aliphatic hydroxyl groups is 1. The van der Waals surface area contributed by atoms with Crippen LogP contribution in [0.15, 0.2) is 29.1 Å². The van der Waals surface area contributed by atoms with E-state index in [-0.39, 0.29) is 36.8 Å². The van der Waals surface area contributed by atoms with Gasteiger partial charge < -0.3 is 24.2 Å². The van der Waals surface area contributed by atoms with E-state index in [9.17, 15) is 14.7 Å². The lowest BCUT2D eigenvalue weighted by Gasteiger charge is -2.33. The number of β-amino-alcohol motifs (C(OH)–C–C–N with tert-alkyl or cyclic N) is 1. The summed E-state index contributed by atoms with van der Waals surface area (Å²) >= 11 is 0. The number of rotatable bonds is 6. The number of aromatic nitrogens is 2. The van der Waals surface area contributed by atoms with Gasteiger partial charge in [-0.05, 0) is 18.2 Å². The van der Waals surface area contributed by atoms with Crippen molar-refractivity contribution in [1.29, 1.82) is 0 Å². The summed E-state index contributed by atoms with van der Waals surface area (Å²) in [6.45, 7) is 0.850. The molecule has 1 amide bonds. The lowest BCUT2D eigenvalue weighted by atomic mass is 9.95. The van der Waals surface area contributed by atoms with Crippen molar-refractivity contribution in [2.45, 2.75) is 19.2 Å². The molecule has 28 heavy (non-hydrogen) atoms. The van der Waals surface area contributed by atoms with E-state index in [0.29, 0.717) is 29.2 Å². The first kappa shape index (κ1) is 19.8. The second-order valence-corrected chi connectivity index (χ2v) is 6.34. The van der Waals surface area contributed by atoms with Gasteiger partial charge in [0, 0.05) is 24.3 Å². The van der Waals surface area contributed by atoms with Crippen LogP contribution >= 0.6 is 0 Å². The molecule has 0 fully saturated rings. The molecule has 9 heteroatoms. The Morgan fingerprint density at radius 3 is 2.57 bits per heavy atom. The molecule has 1 aromatic heterocycles. The fourth-order valence-electron chi connectivity index (χ4n) is 3.29. The summed E-state index contributed by atoms with van der Waals surface area (Å²) in [6.07, 6.45) is -0.933. The molecule has 2 aromatic rings. The SMILES string of the molecule is COCCn1nc(C(=O)N2Cc3c(OC)ccc(OC)c3C(O)C2)ccc1=O. The number of carbonyl (C=O) groups is 1. The van der Waals surface area contributed by atoms with Gasteiger partial charge in [0.25, 0.3) is 11.5 Å². The number of amides is 1. The average Bonchev–Trinajstić information content (AvgIpc) is 2.71. The minimum Gasteiger partial charge on any atom is -0.496 e. The highest BCUT2D eigenvalue weighted by Crippen LogP contribution is 2.39. The normalized spacial score (nSPS) is 15.9. The predicted molar refractivity (Wildman–Crippen MR) is 99.6 cm³/mol. The first-order valence-electron chi connectivity index (χ1n) is 8.78. The molecule has 0 bridgehead atoms. The molecule has 2 heterocycles. The fourth-order valence-corrected chi connectivity index (χ4v) is 3.29. The van der Waals surface area contributed by atoms with Gasteiger partial charge in [-0.1, -0.05) is 0 Å². The average molecular weight is 389 g/mol. The summed E-state index contributed by atoms with van der Waals surface area (Å²) < 4.78 is 16.9. The van der Waals surface area contributed by atoms with Crippen LogP contribution in [0.25, 0.3) is 0 Å². The van der Waals surface area contributed by atoms with Gasteiger partial charge in [-0.25, -0.2) is 4.68 Å². The highest BCUT2D eigenvalue weighted by Gasteiger charge is 2.32. The molecule has 1 N–H and O–H groups in total. The number of hydrogen-bond donors (Lipinski definition) is 1. The second-order valence-electron chi connectivity index (χ2n) is 6.34. The van der Waals surface area contributed by atoms with E-state index in [1.807, 2.05) is 0 Å². The number of ether oxygens (including phenoxy) is 3. The minimum atomic E-state index is -0.933. The standard InChI is InChI=1S/C19H23N3O6/c1-26-9-8-22-17(24)7-4-13(20-22)19(25)21-10-12-15(27-2)5-6-16(28-3)18(12)14(23)11-21/h4-7,14,23H,8-11H2,1-3H3. The van der Waals surface area contributed by atoms with E-state index < -0.39 is 6.10 Å². The summed E-state index contributed by atoms with van der Waals surface area (Å²) in [5, 5.41) is 14.8. The Kier molecular flexibility index (Phi) is 5.96. The molecule has 0 saturated heterocycles. The Morgan fingerprint density at radius 2 is 1.89 bits per heavy atom. The predicted octanol–water partition coefficient (Wildman–Crippen LogP) is 0.596. The van der Waals surface area contributed by atoms with Crippen molar-refractivity contribution in [3.05, 3.63) is 51.4 Å². The van der Waals surface area contributed by atoms with Crippen molar-refractivity contribution < 1.29 is 24.1 Å². The van der Waals surface area contributed by atoms with Crippen LogP contribution in [0.5, 0.6) is 11.5 Å². The van der Waals surface area contributed by atoms with Crippen molar-refractivity contribution in [3.8, 4) is 11.5 Å². The molecule has 1 aliphatic rings. The van der Waals surface area contributed by atoms with Gasteiger partial charge in [-0.3, -0.25) is 9.59 Å². The molecular weight excluding hydrogens is 366 g/mol. The van der Waals surface area contributed by atoms with Gasteiger partial charge in [0.15, 0.2) is 0 Å². The van der Waals surface area contributed by atoms with Crippen molar-refractivity contribution in [2.75, 3.05) is 34.5 Å². The number of methoxy groups -OCH3 is 3. The first-order chi connectivity index (χ1) is 13.5. The summed E-state index contributed by atoms with van der Waals surface area (Å²) in [7, 11) is 4.58. The summed E-state index contributed by atoms with van der Waals surface area (Å²) in [4.78, 5) is 26.4. The Balaban J connectivity index is 1.92. The molecule has 0 saturated carbocycles. The Morgan fingerprint density at radius 1 is 1.18 bits per heavy atom. The molecule has 0 aliphatic carbocycles. The Labute approximate surface area is 162 Å². The topological polar surface area (TPSA) is 103 Å². The molecule has 1 unspecified atom stereocenters. The van der Waals surface area contributed by atoms with Crippen molar-refractivity contribution in [3.63, 3.8) is 0 Å². The van der Waals surface area contributed by atoms with Gasteiger partial charge in [-0.15, -0.1) is 0 Å². The largest absolute Gasteiger partial charge is 0.496 e. The highest BCUT2D eigenvalue weighted by atomic mass is 16.5. The molecule has 0 radical (unpaired) electrons. The number of nitrogens with zero attached hydrogens (tertiary/aromatic N) is 3. The van der Waals surface area contributed by atoms with Gasteiger partial charge >= 0.3 is 0 Å². The number of benzene rings is 1. The summed E-state index contributed by atoms with van der Waals surface area (Å²) in [5.41, 5.74) is 1.10. The number of hydrogen-bond acceptors (Lipinski definition) is 7. The molecule has 150 valence electrons. The van der Waals surface area contributed by atoms with E-state index in [2.05, 4.69) is 5.10 Å². The van der Waals surface area contributed by atoms with Crippen molar-refractivity contribution in [2.24, 2.45) is 0 Å². The smallest absolute Gasteiger partial charge is 0.274 e. The fraction of sp³-hybridized carbons (Fsp3) is 0.421. The minimum absolute atomic E-state index is 0.0776. The van der Waals surface area contributed by atoms with Crippen LogP contribution in [-0.2, 0) is 17.8 Å². The van der Waals surface area contributed by atoms with Gasteiger partial charge in [0.2, 0.25) is 0 Å². The quantitative estimate of drug-likeness (QED) is 0.771. The third-order valence-corrected chi connectivity index (χ3v) is 4.67. The van der Waals surface area contributed by atoms with Crippen molar-refractivity contribution in [1.82, 2.24) is 14.7 Å². The van der Waals surface area contributed by atoms with Crippen LogP contribution in [0.1, 0.15) is 27.7 Å². The molecule has 9 nitrogen and oxygen atoms in total. The zero-order valence-corrected chi connectivity index (χ0v) is 16.0. The maximum atomic E-state index is 13.0. The maximum Gasteiger partial charge on any atom is 0.274 e.